The fourth-order valence-corrected chi connectivity index (χ4v) is 2.05. The van der Waals surface area contributed by atoms with Crippen LogP contribution in [0.25, 0.3) is 10.9 Å². The molecule has 0 fully saturated rings. The Kier molecular flexibility index (Phi) is 3.39. The third-order valence-electron chi connectivity index (χ3n) is 3.11. The van der Waals surface area contributed by atoms with Crippen molar-refractivity contribution < 1.29 is 9.90 Å². The number of H-pyrrole nitrogens is 1. The second-order valence-electron chi connectivity index (χ2n) is 4.54. The number of nitrogens with one attached hydrogen (secondary N) is 2. The number of para-hydroxylation sites is 1. The Bertz CT molecular complexity index is 804. The number of aromatic amines is 1. The van der Waals surface area contributed by atoms with E-state index in [0.717, 1.165) is 16.5 Å². The lowest BCUT2D eigenvalue weighted by molar-refractivity contribution is 0.0957. The van der Waals surface area contributed by atoms with Crippen molar-refractivity contribution in [2.24, 2.45) is 5.10 Å². The maximum absolute atomic E-state index is 12.1. The van der Waals surface area contributed by atoms with Crippen LogP contribution in [0.3, 0.4) is 0 Å². The van der Waals surface area contributed by atoms with E-state index in [-0.39, 0.29) is 11.7 Å². The molecule has 0 atom stereocenters. The van der Waals surface area contributed by atoms with Gasteiger partial charge in [0.1, 0.15) is 5.75 Å². The Balaban J connectivity index is 1.73. The zero-order valence-electron chi connectivity index (χ0n) is 11.1. The lowest BCUT2D eigenvalue weighted by atomic mass is 10.2. The maximum atomic E-state index is 12.1. The van der Waals surface area contributed by atoms with Crippen LogP contribution in [-0.2, 0) is 0 Å². The summed E-state index contributed by atoms with van der Waals surface area (Å²) in [6, 6.07) is 14.1. The Morgan fingerprint density at radius 2 is 1.90 bits per heavy atom. The van der Waals surface area contributed by atoms with E-state index in [0.29, 0.717) is 5.56 Å². The fourth-order valence-electron chi connectivity index (χ4n) is 2.05. The smallest absolute Gasteiger partial charge is 0.273 e. The van der Waals surface area contributed by atoms with Crippen molar-refractivity contribution in [3.63, 3.8) is 0 Å². The van der Waals surface area contributed by atoms with Crippen molar-refractivity contribution in [2.45, 2.75) is 0 Å². The van der Waals surface area contributed by atoms with E-state index in [2.05, 4.69) is 15.5 Å². The van der Waals surface area contributed by atoms with Gasteiger partial charge in [-0.25, -0.2) is 5.43 Å². The van der Waals surface area contributed by atoms with Crippen molar-refractivity contribution in [1.29, 1.82) is 0 Å². The van der Waals surface area contributed by atoms with E-state index in [1.807, 2.05) is 24.3 Å². The van der Waals surface area contributed by atoms with E-state index in [4.69, 9.17) is 0 Å². The minimum absolute atomic E-state index is 0.190. The van der Waals surface area contributed by atoms with Crippen molar-refractivity contribution in [1.82, 2.24) is 10.4 Å². The van der Waals surface area contributed by atoms with Gasteiger partial charge in [-0.15, -0.1) is 0 Å². The minimum atomic E-state index is -0.275. The van der Waals surface area contributed by atoms with Crippen LogP contribution >= 0.6 is 0 Å². The average molecular weight is 279 g/mol. The molecule has 0 radical (unpaired) electrons. The zero-order valence-corrected chi connectivity index (χ0v) is 11.1. The number of hydrogen-bond acceptors (Lipinski definition) is 3. The molecule has 1 heterocycles. The molecule has 104 valence electrons. The Morgan fingerprint density at radius 1 is 1.14 bits per heavy atom. The highest BCUT2D eigenvalue weighted by atomic mass is 16.3. The van der Waals surface area contributed by atoms with Crippen LogP contribution in [0.2, 0.25) is 0 Å². The van der Waals surface area contributed by atoms with Gasteiger partial charge in [-0.2, -0.15) is 5.10 Å². The quantitative estimate of drug-likeness (QED) is 0.509. The Labute approximate surface area is 120 Å². The molecule has 5 nitrogen and oxygen atoms in total. The monoisotopic (exact) mass is 279 g/mol. The van der Waals surface area contributed by atoms with Crippen LogP contribution < -0.4 is 5.43 Å². The average Bonchev–Trinajstić information content (AvgIpc) is 2.93. The molecule has 3 rings (SSSR count). The summed E-state index contributed by atoms with van der Waals surface area (Å²) in [5.41, 5.74) is 4.73. The predicted octanol–water partition coefficient (Wildman–Crippen LogP) is 2.64. The SMILES string of the molecule is O=C(NN=Cc1ccc(O)cc1)c1c[nH]c2ccccc12. The standard InChI is InChI=1S/C16H13N3O2/c20-12-7-5-11(6-8-12)9-18-19-16(21)14-10-17-15-4-2-1-3-13(14)15/h1-10,17,20H,(H,19,21). The molecule has 2 aromatic carbocycles. The van der Waals surface area contributed by atoms with Gasteiger partial charge in [-0.3, -0.25) is 4.79 Å². The molecule has 0 spiro atoms. The summed E-state index contributed by atoms with van der Waals surface area (Å²) in [7, 11) is 0. The summed E-state index contributed by atoms with van der Waals surface area (Å²) < 4.78 is 0. The van der Waals surface area contributed by atoms with Gasteiger partial charge in [0, 0.05) is 17.1 Å². The lowest BCUT2D eigenvalue weighted by Crippen LogP contribution is -2.17. The van der Waals surface area contributed by atoms with Gasteiger partial charge in [0.2, 0.25) is 0 Å². The number of carbonyl (C=O) groups excluding carboxylic acids is 1. The number of amides is 1. The van der Waals surface area contributed by atoms with Crippen LogP contribution in [0, 0.1) is 0 Å². The van der Waals surface area contributed by atoms with Crippen molar-refractivity contribution in [2.75, 3.05) is 0 Å². The van der Waals surface area contributed by atoms with Crippen LogP contribution in [0.4, 0.5) is 0 Å². The van der Waals surface area contributed by atoms with Gasteiger partial charge in [0.25, 0.3) is 5.91 Å². The number of nitrogens with zero attached hydrogens (tertiary/aromatic N) is 1. The number of carbonyl (C=O) groups is 1. The maximum Gasteiger partial charge on any atom is 0.273 e. The van der Waals surface area contributed by atoms with Crippen LogP contribution in [0.5, 0.6) is 5.75 Å². The number of rotatable bonds is 3. The molecular weight excluding hydrogens is 266 g/mol. The summed E-state index contributed by atoms with van der Waals surface area (Å²) >= 11 is 0. The fraction of sp³-hybridized carbons (Fsp3) is 0. The summed E-state index contributed by atoms with van der Waals surface area (Å²) in [6.45, 7) is 0. The molecule has 3 N–H and O–H groups in total. The summed E-state index contributed by atoms with van der Waals surface area (Å²) in [5, 5.41) is 13.9. The number of benzene rings is 2. The summed E-state index contributed by atoms with van der Waals surface area (Å²) in [4.78, 5) is 15.1. The molecule has 0 aliphatic heterocycles. The number of aromatic hydroxyl groups is 1. The van der Waals surface area contributed by atoms with E-state index in [1.54, 1.807) is 30.5 Å². The van der Waals surface area contributed by atoms with Crippen LogP contribution in [0.15, 0.2) is 59.8 Å². The third-order valence-corrected chi connectivity index (χ3v) is 3.11. The van der Waals surface area contributed by atoms with Gasteiger partial charge < -0.3 is 10.1 Å². The molecule has 21 heavy (non-hydrogen) atoms. The number of phenols is 1. The highest BCUT2D eigenvalue weighted by Gasteiger charge is 2.10. The first kappa shape index (κ1) is 12.9. The van der Waals surface area contributed by atoms with Gasteiger partial charge in [0.05, 0.1) is 11.8 Å². The third kappa shape index (κ3) is 2.76. The first-order valence-corrected chi connectivity index (χ1v) is 6.42. The number of hydrazone groups is 1. The molecule has 1 amide bonds. The van der Waals surface area contributed by atoms with Gasteiger partial charge in [-0.05, 0) is 35.9 Å². The second-order valence-corrected chi connectivity index (χ2v) is 4.54. The second kappa shape index (κ2) is 5.50. The number of phenolic OH excluding ortho intramolecular Hbond substituents is 1. The highest BCUT2D eigenvalue weighted by molar-refractivity contribution is 6.06. The molecular formula is C16H13N3O2. The highest BCUT2D eigenvalue weighted by Crippen LogP contribution is 2.17. The molecule has 0 saturated carbocycles. The Hall–Kier alpha value is -3.08. The zero-order chi connectivity index (χ0) is 14.7. The van der Waals surface area contributed by atoms with Gasteiger partial charge >= 0.3 is 0 Å². The normalized spacial score (nSPS) is 11.0. The first-order valence-electron chi connectivity index (χ1n) is 6.42. The molecule has 1 aromatic heterocycles. The molecule has 3 aromatic rings. The lowest BCUT2D eigenvalue weighted by Gasteiger charge is -1.98. The minimum Gasteiger partial charge on any atom is -0.508 e. The van der Waals surface area contributed by atoms with Crippen molar-refractivity contribution in [3.05, 3.63) is 65.9 Å². The number of aromatic nitrogens is 1. The first-order chi connectivity index (χ1) is 10.2. The predicted molar refractivity (Wildman–Crippen MR) is 81.5 cm³/mol. The molecule has 0 aliphatic rings. The van der Waals surface area contributed by atoms with Crippen molar-refractivity contribution >= 4 is 23.0 Å². The number of hydrogen-bond donors (Lipinski definition) is 3. The van der Waals surface area contributed by atoms with Gasteiger partial charge in [0.15, 0.2) is 0 Å². The van der Waals surface area contributed by atoms with E-state index in [1.165, 1.54) is 6.21 Å². The van der Waals surface area contributed by atoms with Crippen LogP contribution in [0.1, 0.15) is 15.9 Å². The van der Waals surface area contributed by atoms with E-state index < -0.39 is 0 Å². The molecule has 0 bridgehead atoms. The molecule has 0 saturated heterocycles. The summed E-state index contributed by atoms with van der Waals surface area (Å²) in [5.74, 6) is -0.0857. The Morgan fingerprint density at radius 3 is 2.71 bits per heavy atom. The summed E-state index contributed by atoms with van der Waals surface area (Å²) in [6.07, 6.45) is 3.18. The van der Waals surface area contributed by atoms with E-state index >= 15 is 0 Å². The van der Waals surface area contributed by atoms with Gasteiger partial charge in [-0.1, -0.05) is 18.2 Å². The van der Waals surface area contributed by atoms with E-state index in [9.17, 15) is 9.90 Å². The molecule has 0 aliphatic carbocycles. The number of fused-ring (bicyclic) bond motifs is 1. The molecule has 0 unspecified atom stereocenters. The van der Waals surface area contributed by atoms with Crippen molar-refractivity contribution in [3.8, 4) is 5.75 Å². The van der Waals surface area contributed by atoms with Crippen LogP contribution in [-0.4, -0.2) is 22.2 Å². The molecule has 5 heteroatoms. The largest absolute Gasteiger partial charge is 0.508 e. The topological polar surface area (TPSA) is 77.5 Å².